The molecular weight excluding hydrogens is 257 g/mol. The molecule has 6 heteroatoms. The van der Waals surface area contributed by atoms with Gasteiger partial charge in [0.2, 0.25) is 0 Å². The predicted octanol–water partition coefficient (Wildman–Crippen LogP) is 2.20. The number of hydrogen-bond donors (Lipinski definition) is 1. The van der Waals surface area contributed by atoms with E-state index >= 15 is 0 Å². The highest BCUT2D eigenvalue weighted by atomic mass is 19.4. The molecule has 0 bridgehead atoms. The van der Waals surface area contributed by atoms with E-state index in [1.807, 2.05) is 6.08 Å². The topological polar surface area (TPSA) is 24.5 Å². The van der Waals surface area contributed by atoms with E-state index in [4.69, 9.17) is 4.74 Å². The van der Waals surface area contributed by atoms with Crippen molar-refractivity contribution in [3.05, 3.63) is 12.7 Å². The Bertz CT molecular complexity index is 251. The van der Waals surface area contributed by atoms with Gasteiger partial charge in [0.05, 0.1) is 19.8 Å². The quantitative estimate of drug-likeness (QED) is 0.545. The first kappa shape index (κ1) is 16.5. The Morgan fingerprint density at radius 2 is 1.95 bits per heavy atom. The SMILES string of the molecule is C=CCCOCCNC1CCN(CC(F)(F)F)CC1. The summed E-state index contributed by atoms with van der Waals surface area (Å²) in [5.41, 5.74) is 0. The van der Waals surface area contributed by atoms with Crippen molar-refractivity contribution in [2.24, 2.45) is 0 Å². The second-order valence-electron chi connectivity index (χ2n) is 4.81. The lowest BCUT2D eigenvalue weighted by Crippen LogP contribution is -2.46. The summed E-state index contributed by atoms with van der Waals surface area (Å²) in [4.78, 5) is 1.47. The van der Waals surface area contributed by atoms with E-state index in [2.05, 4.69) is 11.9 Å². The van der Waals surface area contributed by atoms with E-state index in [0.717, 1.165) is 25.8 Å². The first-order chi connectivity index (χ1) is 9.01. The van der Waals surface area contributed by atoms with E-state index in [1.54, 1.807) is 0 Å². The number of hydrogen-bond acceptors (Lipinski definition) is 3. The molecule has 1 N–H and O–H groups in total. The summed E-state index contributed by atoms with van der Waals surface area (Å²) < 4.78 is 42.0. The van der Waals surface area contributed by atoms with Gasteiger partial charge in [-0.25, -0.2) is 0 Å². The average Bonchev–Trinajstić information content (AvgIpc) is 2.34. The van der Waals surface area contributed by atoms with Crippen LogP contribution in [0.15, 0.2) is 12.7 Å². The van der Waals surface area contributed by atoms with Crippen LogP contribution >= 0.6 is 0 Å². The Labute approximate surface area is 112 Å². The van der Waals surface area contributed by atoms with E-state index in [1.165, 1.54) is 4.90 Å². The van der Waals surface area contributed by atoms with E-state index in [9.17, 15) is 13.2 Å². The first-order valence-electron chi connectivity index (χ1n) is 6.72. The molecule has 0 aromatic heterocycles. The van der Waals surface area contributed by atoms with Crippen molar-refractivity contribution in [3.63, 3.8) is 0 Å². The number of nitrogens with one attached hydrogen (secondary N) is 1. The van der Waals surface area contributed by atoms with Gasteiger partial charge in [0.1, 0.15) is 0 Å². The normalized spacial score (nSPS) is 18.7. The zero-order valence-corrected chi connectivity index (χ0v) is 11.2. The number of alkyl halides is 3. The average molecular weight is 280 g/mol. The van der Waals surface area contributed by atoms with Gasteiger partial charge in [-0.2, -0.15) is 13.2 Å². The number of piperidine rings is 1. The maximum absolute atomic E-state index is 12.2. The summed E-state index contributed by atoms with van der Waals surface area (Å²) in [6.45, 7) is 5.90. The molecule has 1 aliphatic rings. The highest BCUT2D eigenvalue weighted by molar-refractivity contribution is 4.78. The maximum Gasteiger partial charge on any atom is 0.401 e. The van der Waals surface area contributed by atoms with Crippen LogP contribution in [0.1, 0.15) is 19.3 Å². The Morgan fingerprint density at radius 3 is 2.53 bits per heavy atom. The monoisotopic (exact) mass is 280 g/mol. The van der Waals surface area contributed by atoms with Crippen LogP contribution in [0.4, 0.5) is 13.2 Å². The molecule has 1 heterocycles. The van der Waals surface area contributed by atoms with Crippen molar-refractivity contribution in [1.82, 2.24) is 10.2 Å². The molecule has 0 aromatic rings. The molecule has 112 valence electrons. The number of nitrogens with zero attached hydrogens (tertiary/aromatic N) is 1. The minimum absolute atomic E-state index is 0.312. The fourth-order valence-corrected chi connectivity index (χ4v) is 2.15. The van der Waals surface area contributed by atoms with Gasteiger partial charge in [0.15, 0.2) is 0 Å². The van der Waals surface area contributed by atoms with Gasteiger partial charge in [-0.1, -0.05) is 6.08 Å². The number of rotatable bonds is 8. The summed E-state index contributed by atoms with van der Waals surface area (Å²) in [6, 6.07) is 0.312. The largest absolute Gasteiger partial charge is 0.401 e. The van der Waals surface area contributed by atoms with Crippen LogP contribution in [-0.2, 0) is 4.74 Å². The lowest BCUT2D eigenvalue weighted by atomic mass is 10.1. The molecule has 0 aromatic carbocycles. The van der Waals surface area contributed by atoms with Crippen molar-refractivity contribution in [3.8, 4) is 0 Å². The minimum atomic E-state index is -4.08. The Morgan fingerprint density at radius 1 is 1.26 bits per heavy atom. The molecule has 1 rings (SSSR count). The highest BCUT2D eigenvalue weighted by Gasteiger charge is 2.32. The van der Waals surface area contributed by atoms with Gasteiger partial charge < -0.3 is 10.1 Å². The van der Waals surface area contributed by atoms with Crippen molar-refractivity contribution >= 4 is 0 Å². The smallest absolute Gasteiger partial charge is 0.380 e. The van der Waals surface area contributed by atoms with Gasteiger partial charge in [0.25, 0.3) is 0 Å². The van der Waals surface area contributed by atoms with Gasteiger partial charge >= 0.3 is 6.18 Å². The van der Waals surface area contributed by atoms with Crippen LogP contribution in [0, 0.1) is 0 Å². The molecule has 1 saturated heterocycles. The fraction of sp³-hybridized carbons (Fsp3) is 0.846. The molecule has 0 amide bonds. The summed E-state index contributed by atoms with van der Waals surface area (Å²) >= 11 is 0. The molecular formula is C13H23F3N2O. The van der Waals surface area contributed by atoms with E-state index in [-0.39, 0.29) is 0 Å². The zero-order chi connectivity index (χ0) is 14.1. The fourth-order valence-electron chi connectivity index (χ4n) is 2.15. The van der Waals surface area contributed by atoms with Crippen LogP contribution in [0.2, 0.25) is 0 Å². The molecule has 1 fully saturated rings. The summed E-state index contributed by atoms with van der Waals surface area (Å²) in [5, 5.41) is 3.32. The predicted molar refractivity (Wildman–Crippen MR) is 69.2 cm³/mol. The molecule has 0 saturated carbocycles. The highest BCUT2D eigenvalue weighted by Crippen LogP contribution is 2.19. The summed E-state index contributed by atoms with van der Waals surface area (Å²) in [5.74, 6) is 0. The third kappa shape index (κ3) is 8.23. The lowest BCUT2D eigenvalue weighted by molar-refractivity contribution is -0.148. The molecule has 0 spiro atoms. The Hall–Kier alpha value is -0.590. The molecule has 1 aliphatic heterocycles. The minimum Gasteiger partial charge on any atom is -0.380 e. The van der Waals surface area contributed by atoms with Crippen molar-refractivity contribution in [2.75, 3.05) is 39.4 Å². The van der Waals surface area contributed by atoms with Crippen molar-refractivity contribution in [1.29, 1.82) is 0 Å². The van der Waals surface area contributed by atoms with Crippen LogP contribution < -0.4 is 5.32 Å². The third-order valence-electron chi connectivity index (χ3n) is 3.14. The Balaban J connectivity index is 2.02. The van der Waals surface area contributed by atoms with Crippen LogP contribution in [0.3, 0.4) is 0 Å². The summed E-state index contributed by atoms with van der Waals surface area (Å²) in [7, 11) is 0. The molecule has 0 atom stereocenters. The molecule has 0 radical (unpaired) electrons. The number of halogens is 3. The van der Waals surface area contributed by atoms with E-state index < -0.39 is 12.7 Å². The summed E-state index contributed by atoms with van der Waals surface area (Å²) in [6.07, 6.45) is 0.102. The second kappa shape index (κ2) is 8.55. The van der Waals surface area contributed by atoms with Crippen LogP contribution in [0.25, 0.3) is 0 Å². The molecule has 19 heavy (non-hydrogen) atoms. The molecule has 0 aliphatic carbocycles. The van der Waals surface area contributed by atoms with Gasteiger partial charge in [-0.3, -0.25) is 4.90 Å². The molecule has 3 nitrogen and oxygen atoms in total. The van der Waals surface area contributed by atoms with Crippen molar-refractivity contribution in [2.45, 2.75) is 31.5 Å². The standard InChI is InChI=1S/C13H23F3N2O/c1-2-3-9-19-10-6-17-12-4-7-18(8-5-12)11-13(14,15)16/h2,12,17H,1,3-11H2. The van der Waals surface area contributed by atoms with Crippen LogP contribution in [0.5, 0.6) is 0 Å². The van der Waals surface area contributed by atoms with Gasteiger partial charge in [-0.15, -0.1) is 6.58 Å². The first-order valence-corrected chi connectivity index (χ1v) is 6.72. The zero-order valence-electron chi connectivity index (χ0n) is 11.2. The number of ether oxygens (including phenoxy) is 1. The number of likely N-dealkylation sites (tertiary alicyclic amines) is 1. The van der Waals surface area contributed by atoms with Crippen LogP contribution in [-0.4, -0.2) is 56.5 Å². The molecule has 0 unspecified atom stereocenters. The third-order valence-corrected chi connectivity index (χ3v) is 3.14. The van der Waals surface area contributed by atoms with Crippen molar-refractivity contribution < 1.29 is 17.9 Å². The van der Waals surface area contributed by atoms with Gasteiger partial charge in [0, 0.05) is 12.6 Å². The maximum atomic E-state index is 12.2. The van der Waals surface area contributed by atoms with Gasteiger partial charge in [-0.05, 0) is 32.4 Å². The Kier molecular flexibility index (Phi) is 7.41. The van der Waals surface area contributed by atoms with E-state index in [0.29, 0.717) is 32.3 Å². The lowest BCUT2D eigenvalue weighted by Gasteiger charge is -2.32. The second-order valence-corrected chi connectivity index (χ2v) is 4.81.